The number of Topliss-reactive ketones (excluding diaryl/α,β-unsaturated/α-hetero) is 1. The summed E-state index contributed by atoms with van der Waals surface area (Å²) in [7, 11) is 9.02. The number of hydrogen-bond donors (Lipinski definition) is 1. The highest BCUT2D eigenvalue weighted by Gasteiger charge is 2.60. The predicted octanol–water partition coefficient (Wildman–Crippen LogP) is 6.45. The zero-order valence-corrected chi connectivity index (χ0v) is 40.3. The van der Waals surface area contributed by atoms with E-state index in [1.807, 2.05) is 45.2 Å². The van der Waals surface area contributed by atoms with Crippen molar-refractivity contribution in [2.24, 2.45) is 35.5 Å². The van der Waals surface area contributed by atoms with Crippen LogP contribution in [0.3, 0.4) is 0 Å². The minimum Gasteiger partial charge on any atom is -0.462 e. The van der Waals surface area contributed by atoms with Gasteiger partial charge in [-0.2, -0.15) is 0 Å². The standard InChI is InChI=1S/C49H71ClN4O11/c1-10-30-15-12-16-39(65-41-18-17-38(53(5)6)26(3)61-41)25(2)44(56)36-22-33-32-20-31(64-49-48(60-9)47(59-8)46(58-7)27(4)62-49)21-35(32)43(45(57)42(33)34(36)23-40(55)63-30)54-24-37(51-52-54)28-13-11-14-29(50)19-28/h11,13-14,19,22,24-27,30-35,38-39,41-43,45-49,57H,10,12,15-18,20-21,23H2,1-9H3/t25-,26?,27?,30+,31+,32+,33+,34-,35-,38+,39+,41+,42-,43?,45?,46+,47?,48+,49+/m1/s1. The molecule has 8 rings (SSSR count). The molecular formula is C49H71ClN4O11. The van der Waals surface area contributed by atoms with Crippen LogP contribution in [0.5, 0.6) is 0 Å². The van der Waals surface area contributed by atoms with Crippen LogP contribution in [0.4, 0.5) is 0 Å². The number of hydrogen-bond acceptors (Lipinski definition) is 14. The fourth-order valence-electron chi connectivity index (χ4n) is 12.5. The second-order valence-electron chi connectivity index (χ2n) is 19.7. The molecule has 0 bridgehead atoms. The number of aliphatic hydroxyl groups excluding tert-OH is 1. The molecule has 3 aliphatic carbocycles. The first-order chi connectivity index (χ1) is 31.2. The molecule has 2 aromatic rings. The third kappa shape index (κ3) is 9.89. The minimum absolute atomic E-state index is 0.0276. The molecule has 15 nitrogen and oxygen atoms in total. The fraction of sp³-hybridized carbons (Fsp3) is 0.755. The molecule has 0 radical (unpaired) electrons. The lowest BCUT2D eigenvalue weighted by atomic mass is 9.62. The van der Waals surface area contributed by atoms with E-state index in [1.54, 1.807) is 32.1 Å². The molecule has 360 valence electrons. The Labute approximate surface area is 389 Å². The van der Waals surface area contributed by atoms with Crippen molar-refractivity contribution in [1.82, 2.24) is 19.9 Å². The first-order valence-electron chi connectivity index (χ1n) is 23.9. The quantitative estimate of drug-likeness (QED) is 0.245. The van der Waals surface area contributed by atoms with Crippen LogP contribution in [-0.4, -0.2) is 146 Å². The van der Waals surface area contributed by atoms with Gasteiger partial charge in [-0.3, -0.25) is 9.59 Å². The zero-order valence-electron chi connectivity index (χ0n) is 39.5. The Morgan fingerprint density at radius 2 is 1.68 bits per heavy atom. The predicted molar refractivity (Wildman–Crippen MR) is 241 cm³/mol. The number of cyclic esters (lactones) is 1. The van der Waals surface area contributed by atoms with Crippen LogP contribution >= 0.6 is 11.6 Å². The molecule has 4 heterocycles. The molecule has 16 heteroatoms. The summed E-state index contributed by atoms with van der Waals surface area (Å²) in [6, 6.07) is 7.16. The Morgan fingerprint density at radius 1 is 0.923 bits per heavy atom. The molecule has 19 atom stereocenters. The van der Waals surface area contributed by atoms with E-state index in [0.717, 1.165) is 24.8 Å². The Kier molecular flexibility index (Phi) is 15.6. The normalized spacial score (nSPS) is 41.5. The maximum Gasteiger partial charge on any atom is 0.306 e. The van der Waals surface area contributed by atoms with Crippen molar-refractivity contribution in [2.45, 2.75) is 165 Å². The van der Waals surface area contributed by atoms with E-state index < -0.39 is 60.8 Å². The molecule has 0 spiro atoms. The largest absolute Gasteiger partial charge is 0.462 e. The van der Waals surface area contributed by atoms with Gasteiger partial charge in [0.05, 0.1) is 49.2 Å². The van der Waals surface area contributed by atoms with Crippen molar-refractivity contribution in [3.63, 3.8) is 0 Å². The van der Waals surface area contributed by atoms with E-state index in [0.29, 0.717) is 48.4 Å². The van der Waals surface area contributed by atoms with Gasteiger partial charge in [0.15, 0.2) is 18.4 Å². The SMILES string of the molecule is CC[C@H]1CCC[C@H](O[C@H]2CC[C@H](N(C)C)C(C)O2)[C@@H](C)C(=O)C2=C[C@H]3[C@@H]4C[C@H](O[C@@H]5OC(C)[C@H](OC)C(OC)[C@@H]5OC)C[C@H]4C(n4cc(-c5cccc(Cl)c5)nn4)C(O)[C@H]3[C@@H]2CC(=O)O1. The van der Waals surface area contributed by atoms with Gasteiger partial charge in [0.2, 0.25) is 0 Å². The minimum atomic E-state index is -1.01. The molecule has 2 saturated carbocycles. The highest BCUT2D eigenvalue weighted by molar-refractivity contribution is 6.30. The smallest absolute Gasteiger partial charge is 0.306 e. The van der Waals surface area contributed by atoms with E-state index >= 15 is 4.79 Å². The number of benzene rings is 1. The summed E-state index contributed by atoms with van der Waals surface area (Å²) >= 11 is 6.40. The maximum absolute atomic E-state index is 15.2. The number of halogens is 1. The number of carbonyl (C=O) groups is 2. The Bertz CT molecular complexity index is 1980. The number of fused-ring (bicyclic) bond motifs is 5. The highest BCUT2D eigenvalue weighted by Crippen LogP contribution is 2.60. The lowest BCUT2D eigenvalue weighted by molar-refractivity contribution is -0.314. The van der Waals surface area contributed by atoms with Crippen molar-refractivity contribution in [2.75, 3.05) is 35.4 Å². The number of aliphatic hydroxyl groups is 1. The van der Waals surface area contributed by atoms with Gasteiger partial charge in [-0.25, -0.2) is 4.68 Å². The van der Waals surface area contributed by atoms with Crippen LogP contribution in [0, 0.1) is 35.5 Å². The van der Waals surface area contributed by atoms with Gasteiger partial charge >= 0.3 is 5.97 Å². The summed E-state index contributed by atoms with van der Waals surface area (Å²) < 4.78 is 52.2. The third-order valence-electron chi connectivity index (χ3n) is 15.8. The van der Waals surface area contributed by atoms with Gasteiger partial charge in [0.1, 0.15) is 30.1 Å². The number of methoxy groups -OCH3 is 3. The topological polar surface area (TPSA) is 162 Å². The number of likely N-dealkylation sites (N-methyl/N-ethyl adjacent to an activating group) is 1. The van der Waals surface area contributed by atoms with Crippen LogP contribution in [-0.2, 0) is 47.5 Å². The third-order valence-corrected chi connectivity index (χ3v) is 16.0. The number of esters is 1. The fourth-order valence-corrected chi connectivity index (χ4v) is 12.7. The first-order valence-corrected chi connectivity index (χ1v) is 24.3. The van der Waals surface area contributed by atoms with Crippen LogP contribution in [0.1, 0.15) is 91.5 Å². The van der Waals surface area contributed by atoms with Gasteiger partial charge in [-0.1, -0.05) is 48.9 Å². The Hall–Kier alpha value is -2.83. The lowest BCUT2D eigenvalue weighted by Crippen LogP contribution is -2.59. The van der Waals surface area contributed by atoms with Gasteiger partial charge in [-0.05, 0) is 115 Å². The van der Waals surface area contributed by atoms with Crippen LogP contribution in [0.15, 0.2) is 42.1 Å². The number of carbonyl (C=O) groups excluding carboxylic acids is 2. The molecule has 0 amide bonds. The van der Waals surface area contributed by atoms with Gasteiger partial charge in [0.25, 0.3) is 0 Å². The average molecular weight is 928 g/mol. The number of ketones is 1. The van der Waals surface area contributed by atoms with Crippen LogP contribution in [0.25, 0.3) is 11.3 Å². The molecule has 1 aromatic heterocycles. The molecule has 1 aromatic carbocycles. The molecule has 5 unspecified atom stereocenters. The second-order valence-corrected chi connectivity index (χ2v) is 20.1. The van der Waals surface area contributed by atoms with Crippen LogP contribution in [0.2, 0.25) is 5.02 Å². The molecule has 3 aliphatic heterocycles. The number of allylic oxidation sites excluding steroid dienone is 2. The summed E-state index contributed by atoms with van der Waals surface area (Å²) in [4.78, 5) is 31.4. The zero-order chi connectivity index (χ0) is 46.3. The van der Waals surface area contributed by atoms with Crippen LogP contribution < -0.4 is 0 Å². The van der Waals surface area contributed by atoms with Crippen molar-refractivity contribution in [3.05, 3.63) is 47.1 Å². The van der Waals surface area contributed by atoms with Crippen molar-refractivity contribution < 1.29 is 52.6 Å². The molecule has 1 N–H and O–H groups in total. The van der Waals surface area contributed by atoms with Crippen molar-refractivity contribution >= 4 is 23.4 Å². The summed E-state index contributed by atoms with van der Waals surface area (Å²) in [5.41, 5.74) is 1.98. The molecule has 65 heavy (non-hydrogen) atoms. The van der Waals surface area contributed by atoms with E-state index in [-0.39, 0.29) is 72.5 Å². The average Bonchev–Trinajstić information content (AvgIpc) is 4.03. The lowest BCUT2D eigenvalue weighted by Gasteiger charge is -2.46. The molecular weight excluding hydrogens is 856 g/mol. The molecule has 3 saturated heterocycles. The Morgan fingerprint density at radius 3 is 2.37 bits per heavy atom. The van der Waals surface area contributed by atoms with E-state index in [9.17, 15) is 9.90 Å². The summed E-state index contributed by atoms with van der Waals surface area (Å²) in [5, 5.41) is 22.8. The van der Waals surface area contributed by atoms with E-state index in [1.165, 1.54) is 0 Å². The summed E-state index contributed by atoms with van der Waals surface area (Å²) in [6.45, 7) is 8.00. The number of rotatable bonds is 11. The summed E-state index contributed by atoms with van der Waals surface area (Å²) in [6.07, 6.45) is 4.51. The van der Waals surface area contributed by atoms with Crippen molar-refractivity contribution in [3.8, 4) is 11.3 Å². The monoisotopic (exact) mass is 926 g/mol. The second kappa shape index (κ2) is 20.8. The van der Waals surface area contributed by atoms with E-state index in [4.69, 9.17) is 49.5 Å². The Balaban J connectivity index is 1.14. The number of aromatic nitrogens is 3. The van der Waals surface area contributed by atoms with Gasteiger partial charge < -0.3 is 47.9 Å². The molecule has 6 aliphatic rings. The first kappa shape index (κ1) is 48.6. The van der Waals surface area contributed by atoms with Crippen molar-refractivity contribution in [1.29, 1.82) is 0 Å². The molecule has 5 fully saturated rings. The number of ether oxygens (including phenoxy) is 8. The highest BCUT2D eigenvalue weighted by atomic mass is 35.5. The van der Waals surface area contributed by atoms with E-state index in [2.05, 4.69) is 42.3 Å². The summed E-state index contributed by atoms with van der Waals surface area (Å²) in [5.74, 6) is -2.50. The maximum atomic E-state index is 15.2. The number of nitrogens with zero attached hydrogens (tertiary/aromatic N) is 4. The van der Waals surface area contributed by atoms with Gasteiger partial charge in [-0.15, -0.1) is 5.10 Å². The van der Waals surface area contributed by atoms with Gasteiger partial charge in [0, 0.05) is 55.7 Å².